The van der Waals surface area contributed by atoms with Gasteiger partial charge in [0, 0.05) is 70.3 Å². The van der Waals surface area contributed by atoms with Gasteiger partial charge < -0.3 is 9.80 Å². The van der Waals surface area contributed by atoms with E-state index < -0.39 is 26.6 Å². The summed E-state index contributed by atoms with van der Waals surface area (Å²) in [4.78, 5) is 5.99. The smallest absolute Gasteiger partial charge is 0.243 e. The van der Waals surface area contributed by atoms with Crippen LogP contribution in [0.15, 0.2) is 77.7 Å². The number of rotatable bonds is 8. The number of piperazine rings is 1. The van der Waals surface area contributed by atoms with Crippen molar-refractivity contribution in [3.63, 3.8) is 0 Å². The number of anilines is 2. The van der Waals surface area contributed by atoms with Gasteiger partial charge in [-0.3, -0.25) is 4.90 Å². The van der Waals surface area contributed by atoms with Crippen molar-refractivity contribution in [1.82, 2.24) is 9.62 Å². The molecule has 6 nitrogen and oxygen atoms in total. The standard InChI is InChI=1S/C26H30F2N4O2S/c1-30(2)22-11-8-20(9-12-22)25(19-29-35(33,34)26-13-10-21(27)18-24(26)28)32-16-14-31(15-17-32)23-6-4-3-5-7-23/h3-13,18,25,29H,14-17,19H2,1-2H3. The van der Waals surface area contributed by atoms with Gasteiger partial charge in [-0.25, -0.2) is 21.9 Å². The number of nitrogens with one attached hydrogen (secondary N) is 1. The molecule has 9 heteroatoms. The summed E-state index contributed by atoms with van der Waals surface area (Å²) in [6, 6.07) is 20.4. The van der Waals surface area contributed by atoms with Crippen molar-refractivity contribution in [1.29, 1.82) is 0 Å². The van der Waals surface area contributed by atoms with E-state index in [1.807, 2.05) is 61.5 Å². The molecule has 1 aliphatic rings. The Morgan fingerprint density at radius 3 is 2.17 bits per heavy atom. The lowest BCUT2D eigenvalue weighted by molar-refractivity contribution is 0.187. The summed E-state index contributed by atoms with van der Waals surface area (Å²) in [5.74, 6) is -1.93. The first kappa shape index (κ1) is 25.1. The third-order valence-corrected chi connectivity index (χ3v) is 7.78. The Labute approximate surface area is 205 Å². The van der Waals surface area contributed by atoms with E-state index >= 15 is 0 Å². The summed E-state index contributed by atoms with van der Waals surface area (Å²) in [5.41, 5.74) is 3.16. The lowest BCUT2D eigenvalue weighted by atomic mass is 10.0. The molecule has 1 unspecified atom stereocenters. The number of sulfonamides is 1. The molecule has 1 atom stereocenters. The van der Waals surface area contributed by atoms with Crippen molar-refractivity contribution < 1.29 is 17.2 Å². The molecule has 1 aliphatic heterocycles. The molecule has 0 amide bonds. The second-order valence-corrected chi connectivity index (χ2v) is 10.5. The van der Waals surface area contributed by atoms with Gasteiger partial charge in [0.25, 0.3) is 0 Å². The minimum absolute atomic E-state index is 0.0613. The molecule has 0 spiro atoms. The summed E-state index contributed by atoms with van der Waals surface area (Å²) < 4.78 is 55.7. The van der Waals surface area contributed by atoms with Crippen molar-refractivity contribution >= 4 is 21.4 Å². The molecule has 1 saturated heterocycles. The number of para-hydroxylation sites is 1. The van der Waals surface area contributed by atoms with Gasteiger partial charge in [0.15, 0.2) is 0 Å². The monoisotopic (exact) mass is 500 g/mol. The maximum Gasteiger partial charge on any atom is 0.243 e. The predicted octanol–water partition coefficient (Wildman–Crippen LogP) is 3.87. The van der Waals surface area contributed by atoms with Gasteiger partial charge in [0.2, 0.25) is 10.0 Å². The molecular formula is C26H30F2N4O2S. The van der Waals surface area contributed by atoms with Crippen LogP contribution in [-0.2, 0) is 10.0 Å². The first-order chi connectivity index (χ1) is 16.7. The molecule has 1 fully saturated rings. The van der Waals surface area contributed by atoms with Crippen LogP contribution in [0.3, 0.4) is 0 Å². The van der Waals surface area contributed by atoms with Gasteiger partial charge in [-0.2, -0.15) is 0 Å². The molecule has 1 N–H and O–H groups in total. The van der Waals surface area contributed by atoms with E-state index in [4.69, 9.17) is 0 Å². The SMILES string of the molecule is CN(C)c1ccc(C(CNS(=O)(=O)c2ccc(F)cc2F)N2CCN(c3ccccc3)CC2)cc1. The average Bonchev–Trinajstić information content (AvgIpc) is 2.85. The number of hydrogen-bond donors (Lipinski definition) is 1. The second kappa shape index (κ2) is 10.7. The minimum Gasteiger partial charge on any atom is -0.378 e. The van der Waals surface area contributed by atoms with Crippen LogP contribution in [0, 0.1) is 11.6 Å². The average molecular weight is 501 g/mol. The van der Waals surface area contributed by atoms with Crippen LogP contribution < -0.4 is 14.5 Å². The van der Waals surface area contributed by atoms with E-state index in [1.54, 1.807) is 0 Å². The van der Waals surface area contributed by atoms with Gasteiger partial charge in [-0.1, -0.05) is 30.3 Å². The molecule has 4 rings (SSSR count). The molecule has 3 aromatic carbocycles. The Bertz CT molecular complexity index is 1230. The summed E-state index contributed by atoms with van der Waals surface area (Å²) in [7, 11) is -0.244. The third kappa shape index (κ3) is 5.98. The normalized spacial score (nSPS) is 15.7. The Kier molecular flexibility index (Phi) is 7.69. The predicted molar refractivity (Wildman–Crippen MR) is 135 cm³/mol. The van der Waals surface area contributed by atoms with Crippen LogP contribution in [0.5, 0.6) is 0 Å². The molecule has 35 heavy (non-hydrogen) atoms. The fourth-order valence-electron chi connectivity index (χ4n) is 4.34. The molecule has 0 aromatic heterocycles. The first-order valence-corrected chi connectivity index (χ1v) is 13.0. The molecule has 1 heterocycles. The molecule has 0 radical (unpaired) electrons. The van der Waals surface area contributed by atoms with E-state index in [9.17, 15) is 17.2 Å². The van der Waals surface area contributed by atoms with Crippen molar-refractivity contribution in [2.45, 2.75) is 10.9 Å². The number of halogens is 2. The van der Waals surface area contributed by atoms with E-state index in [0.717, 1.165) is 55.2 Å². The van der Waals surface area contributed by atoms with Gasteiger partial charge in [-0.15, -0.1) is 0 Å². The maximum atomic E-state index is 14.2. The van der Waals surface area contributed by atoms with Crippen molar-refractivity contribution in [2.75, 3.05) is 56.6 Å². The van der Waals surface area contributed by atoms with E-state index in [1.165, 1.54) is 0 Å². The molecule has 0 bridgehead atoms. The highest BCUT2D eigenvalue weighted by Gasteiger charge is 2.28. The van der Waals surface area contributed by atoms with Crippen LogP contribution in [-0.4, -0.2) is 60.1 Å². The lowest BCUT2D eigenvalue weighted by Gasteiger charge is -2.40. The van der Waals surface area contributed by atoms with Gasteiger partial charge >= 0.3 is 0 Å². The molecule has 0 saturated carbocycles. The topological polar surface area (TPSA) is 55.9 Å². The molecule has 186 valence electrons. The van der Waals surface area contributed by atoms with Crippen molar-refractivity contribution in [2.24, 2.45) is 0 Å². The molecule has 3 aromatic rings. The minimum atomic E-state index is -4.16. The summed E-state index contributed by atoms with van der Waals surface area (Å²) in [6.45, 7) is 3.14. The van der Waals surface area contributed by atoms with E-state index in [0.29, 0.717) is 6.07 Å². The maximum absolute atomic E-state index is 14.2. The van der Waals surface area contributed by atoms with Crippen LogP contribution in [0.2, 0.25) is 0 Å². The summed E-state index contributed by atoms with van der Waals surface area (Å²) in [6.07, 6.45) is 0. The van der Waals surface area contributed by atoms with Gasteiger partial charge in [0.1, 0.15) is 16.5 Å². The second-order valence-electron chi connectivity index (χ2n) is 8.79. The zero-order valence-corrected chi connectivity index (χ0v) is 20.7. The number of hydrogen-bond acceptors (Lipinski definition) is 5. The van der Waals surface area contributed by atoms with Gasteiger partial charge in [0.05, 0.1) is 0 Å². The van der Waals surface area contributed by atoms with Crippen LogP contribution in [0.25, 0.3) is 0 Å². The fourth-order valence-corrected chi connectivity index (χ4v) is 5.44. The fraction of sp³-hybridized carbons (Fsp3) is 0.308. The van der Waals surface area contributed by atoms with Crippen molar-refractivity contribution in [3.8, 4) is 0 Å². The Balaban J connectivity index is 1.54. The quantitative estimate of drug-likeness (QED) is 0.509. The Morgan fingerprint density at radius 2 is 1.57 bits per heavy atom. The van der Waals surface area contributed by atoms with Crippen LogP contribution in [0.1, 0.15) is 11.6 Å². The largest absolute Gasteiger partial charge is 0.378 e. The highest BCUT2D eigenvalue weighted by Crippen LogP contribution is 2.26. The third-order valence-electron chi connectivity index (χ3n) is 6.32. The number of nitrogens with zero attached hydrogens (tertiary/aromatic N) is 3. The Hall–Kier alpha value is -3.01. The van der Waals surface area contributed by atoms with Gasteiger partial charge in [-0.05, 0) is 42.0 Å². The van der Waals surface area contributed by atoms with Crippen molar-refractivity contribution in [3.05, 3.63) is 90.0 Å². The highest BCUT2D eigenvalue weighted by atomic mass is 32.2. The molecular weight excluding hydrogens is 470 g/mol. The molecule has 0 aliphatic carbocycles. The number of benzene rings is 3. The summed E-state index contributed by atoms with van der Waals surface area (Å²) >= 11 is 0. The zero-order valence-electron chi connectivity index (χ0n) is 19.9. The zero-order chi connectivity index (χ0) is 25.0. The van der Waals surface area contributed by atoms with E-state index in [-0.39, 0.29) is 12.6 Å². The van der Waals surface area contributed by atoms with Crippen LogP contribution in [0.4, 0.5) is 20.2 Å². The highest BCUT2D eigenvalue weighted by molar-refractivity contribution is 7.89. The van der Waals surface area contributed by atoms with E-state index in [2.05, 4.69) is 26.7 Å². The van der Waals surface area contributed by atoms with Crippen LogP contribution >= 0.6 is 0 Å². The summed E-state index contributed by atoms with van der Waals surface area (Å²) in [5, 5.41) is 0. The lowest BCUT2D eigenvalue weighted by Crippen LogP contribution is -2.50. The Morgan fingerprint density at radius 1 is 0.914 bits per heavy atom. The first-order valence-electron chi connectivity index (χ1n) is 11.5.